The fourth-order valence-corrected chi connectivity index (χ4v) is 1.85. The van der Waals surface area contributed by atoms with Crippen LogP contribution in [-0.4, -0.2) is 18.9 Å². The lowest BCUT2D eigenvalue weighted by molar-refractivity contribution is -0.145. The Labute approximate surface area is 78.5 Å². The predicted molar refractivity (Wildman–Crippen MR) is 48.2 cm³/mol. The Balaban J connectivity index is 2.51. The number of carbonyl (C=O) groups excluding carboxylic acids is 2. The number of esters is 1. The molecular formula is C10H16O3. The third-order valence-corrected chi connectivity index (χ3v) is 2.91. The number of ketones is 1. The second-order valence-corrected chi connectivity index (χ2v) is 3.94. The van der Waals surface area contributed by atoms with E-state index >= 15 is 0 Å². The van der Waals surface area contributed by atoms with Crippen LogP contribution in [0.15, 0.2) is 0 Å². The van der Waals surface area contributed by atoms with Gasteiger partial charge in [0.1, 0.15) is 12.2 Å². The van der Waals surface area contributed by atoms with Crippen molar-refractivity contribution in [3.8, 4) is 0 Å². The lowest BCUT2D eigenvalue weighted by Gasteiger charge is -2.20. The number of rotatable bonds is 3. The van der Waals surface area contributed by atoms with E-state index in [4.69, 9.17) is 0 Å². The van der Waals surface area contributed by atoms with Crippen molar-refractivity contribution in [3.63, 3.8) is 0 Å². The molecule has 0 heterocycles. The van der Waals surface area contributed by atoms with Crippen molar-refractivity contribution < 1.29 is 14.3 Å². The van der Waals surface area contributed by atoms with E-state index in [1.807, 2.05) is 6.92 Å². The fourth-order valence-electron chi connectivity index (χ4n) is 1.85. The molecule has 74 valence electrons. The van der Waals surface area contributed by atoms with Crippen LogP contribution in [0.1, 0.15) is 39.0 Å². The van der Waals surface area contributed by atoms with E-state index in [1.165, 1.54) is 7.11 Å². The Bertz CT molecular complexity index is 214. The third kappa shape index (κ3) is 2.29. The average molecular weight is 184 g/mol. The highest BCUT2D eigenvalue weighted by Crippen LogP contribution is 2.39. The Kier molecular flexibility index (Phi) is 3.07. The minimum Gasteiger partial charge on any atom is -0.469 e. The minimum absolute atomic E-state index is 0.0388. The van der Waals surface area contributed by atoms with Gasteiger partial charge in [0.15, 0.2) is 0 Å². The summed E-state index contributed by atoms with van der Waals surface area (Å²) >= 11 is 0. The van der Waals surface area contributed by atoms with Gasteiger partial charge in [-0.3, -0.25) is 9.59 Å². The predicted octanol–water partition coefficient (Wildman–Crippen LogP) is 1.70. The van der Waals surface area contributed by atoms with Crippen LogP contribution in [0.3, 0.4) is 0 Å². The Morgan fingerprint density at radius 3 is 2.31 bits per heavy atom. The maximum atomic E-state index is 11.6. The summed E-state index contributed by atoms with van der Waals surface area (Å²) in [5, 5.41) is 0. The highest BCUT2D eigenvalue weighted by Gasteiger charge is 2.36. The molecule has 13 heavy (non-hydrogen) atoms. The summed E-state index contributed by atoms with van der Waals surface area (Å²) in [7, 11) is 1.31. The van der Waals surface area contributed by atoms with Gasteiger partial charge in [-0.1, -0.05) is 19.8 Å². The summed E-state index contributed by atoms with van der Waals surface area (Å²) < 4.78 is 4.47. The third-order valence-electron chi connectivity index (χ3n) is 2.91. The van der Waals surface area contributed by atoms with Crippen molar-refractivity contribution in [1.29, 1.82) is 0 Å². The smallest absolute Gasteiger partial charge is 0.313 e. The molecule has 0 aromatic rings. The minimum atomic E-state index is -0.418. The van der Waals surface area contributed by atoms with E-state index in [9.17, 15) is 9.59 Å². The van der Waals surface area contributed by atoms with Crippen LogP contribution in [-0.2, 0) is 14.3 Å². The van der Waals surface area contributed by atoms with E-state index in [-0.39, 0.29) is 17.6 Å². The molecule has 0 spiro atoms. The van der Waals surface area contributed by atoms with Crippen LogP contribution >= 0.6 is 0 Å². The van der Waals surface area contributed by atoms with Gasteiger partial charge in [0.2, 0.25) is 0 Å². The monoisotopic (exact) mass is 184 g/mol. The van der Waals surface area contributed by atoms with Crippen molar-refractivity contribution in [2.24, 2.45) is 5.41 Å². The molecule has 1 aliphatic carbocycles. The van der Waals surface area contributed by atoms with Crippen molar-refractivity contribution in [2.45, 2.75) is 39.0 Å². The van der Waals surface area contributed by atoms with Crippen LogP contribution in [0.4, 0.5) is 0 Å². The lowest BCUT2D eigenvalue weighted by Crippen LogP contribution is -2.26. The Morgan fingerprint density at radius 2 is 1.85 bits per heavy atom. The van der Waals surface area contributed by atoms with Gasteiger partial charge in [-0.25, -0.2) is 0 Å². The summed E-state index contributed by atoms with van der Waals surface area (Å²) in [6, 6.07) is 0. The van der Waals surface area contributed by atoms with E-state index in [2.05, 4.69) is 4.74 Å². The standard InChI is InChI=1S/C10H16O3/c1-10(5-3-4-6-10)8(11)7-9(12)13-2/h3-7H2,1-2H3. The van der Waals surface area contributed by atoms with E-state index in [0.29, 0.717) is 0 Å². The average Bonchev–Trinajstić information content (AvgIpc) is 2.53. The van der Waals surface area contributed by atoms with Gasteiger partial charge in [0.05, 0.1) is 7.11 Å². The molecule has 0 atom stereocenters. The maximum absolute atomic E-state index is 11.6. The lowest BCUT2D eigenvalue weighted by atomic mass is 9.82. The van der Waals surface area contributed by atoms with Gasteiger partial charge in [-0.15, -0.1) is 0 Å². The molecule has 0 unspecified atom stereocenters. The van der Waals surface area contributed by atoms with Crippen molar-refractivity contribution in [2.75, 3.05) is 7.11 Å². The van der Waals surface area contributed by atoms with Crippen molar-refractivity contribution >= 4 is 11.8 Å². The Hall–Kier alpha value is -0.860. The quantitative estimate of drug-likeness (QED) is 0.495. The topological polar surface area (TPSA) is 43.4 Å². The number of hydrogen-bond donors (Lipinski definition) is 0. The second-order valence-electron chi connectivity index (χ2n) is 3.94. The first-order chi connectivity index (χ1) is 6.08. The van der Waals surface area contributed by atoms with Crippen molar-refractivity contribution in [1.82, 2.24) is 0 Å². The molecule has 0 aliphatic heterocycles. The zero-order valence-corrected chi connectivity index (χ0v) is 8.26. The molecule has 0 bridgehead atoms. The number of Topliss-reactive ketones (excluding diaryl/α,β-unsaturated/α-hetero) is 1. The van der Waals surface area contributed by atoms with Crippen LogP contribution < -0.4 is 0 Å². The molecule has 0 aromatic carbocycles. The molecule has 1 fully saturated rings. The molecule has 0 radical (unpaired) electrons. The molecular weight excluding hydrogens is 168 g/mol. The molecule has 0 N–H and O–H groups in total. The van der Waals surface area contributed by atoms with Crippen LogP contribution in [0.2, 0.25) is 0 Å². The highest BCUT2D eigenvalue weighted by molar-refractivity contribution is 5.98. The van der Waals surface area contributed by atoms with Crippen LogP contribution in [0.5, 0.6) is 0 Å². The number of methoxy groups -OCH3 is 1. The summed E-state index contributed by atoms with van der Waals surface area (Å²) in [4.78, 5) is 22.5. The molecule has 3 nitrogen and oxygen atoms in total. The first-order valence-corrected chi connectivity index (χ1v) is 4.68. The summed E-state index contributed by atoms with van der Waals surface area (Å²) in [6.45, 7) is 1.95. The molecule has 1 rings (SSSR count). The SMILES string of the molecule is COC(=O)CC(=O)C1(C)CCCC1. The first-order valence-electron chi connectivity index (χ1n) is 4.68. The normalized spacial score (nSPS) is 19.8. The van der Waals surface area contributed by atoms with Gasteiger partial charge in [-0.05, 0) is 12.8 Å². The van der Waals surface area contributed by atoms with E-state index < -0.39 is 5.97 Å². The highest BCUT2D eigenvalue weighted by atomic mass is 16.5. The summed E-state index contributed by atoms with van der Waals surface area (Å²) in [6.07, 6.45) is 3.98. The maximum Gasteiger partial charge on any atom is 0.313 e. The van der Waals surface area contributed by atoms with E-state index in [1.54, 1.807) is 0 Å². The van der Waals surface area contributed by atoms with Gasteiger partial charge in [0.25, 0.3) is 0 Å². The zero-order valence-electron chi connectivity index (χ0n) is 8.26. The second kappa shape index (κ2) is 3.90. The molecule has 0 saturated heterocycles. The molecule has 0 aromatic heterocycles. The fraction of sp³-hybridized carbons (Fsp3) is 0.800. The first kappa shape index (κ1) is 10.2. The summed E-state index contributed by atoms with van der Waals surface area (Å²) in [5.74, 6) is -0.380. The van der Waals surface area contributed by atoms with E-state index in [0.717, 1.165) is 25.7 Å². The molecule has 0 amide bonds. The van der Waals surface area contributed by atoms with Crippen LogP contribution in [0.25, 0.3) is 0 Å². The molecule has 1 aliphatic rings. The molecule has 1 saturated carbocycles. The van der Waals surface area contributed by atoms with Gasteiger partial charge in [-0.2, -0.15) is 0 Å². The largest absolute Gasteiger partial charge is 0.469 e. The zero-order chi connectivity index (χ0) is 9.90. The van der Waals surface area contributed by atoms with Gasteiger partial charge < -0.3 is 4.74 Å². The number of ether oxygens (including phenoxy) is 1. The number of hydrogen-bond acceptors (Lipinski definition) is 3. The Morgan fingerprint density at radius 1 is 1.31 bits per heavy atom. The molecule has 3 heteroatoms. The summed E-state index contributed by atoms with van der Waals surface area (Å²) in [5.41, 5.74) is -0.256. The van der Waals surface area contributed by atoms with Crippen molar-refractivity contribution in [3.05, 3.63) is 0 Å². The van der Waals surface area contributed by atoms with Crippen LogP contribution in [0, 0.1) is 5.41 Å². The van der Waals surface area contributed by atoms with Gasteiger partial charge in [0, 0.05) is 5.41 Å². The van der Waals surface area contributed by atoms with Gasteiger partial charge >= 0.3 is 5.97 Å². The number of carbonyl (C=O) groups is 2.